The summed E-state index contributed by atoms with van der Waals surface area (Å²) in [5, 5.41) is 51.4. The van der Waals surface area contributed by atoms with Gasteiger partial charge in [-0.15, -0.1) is 0 Å². The highest BCUT2D eigenvalue weighted by Gasteiger charge is 2.40. The van der Waals surface area contributed by atoms with Crippen molar-refractivity contribution in [2.24, 2.45) is 0 Å². The molecule has 0 aliphatic carbocycles. The number of aliphatic carboxylic acids is 3. The molecule has 12 heteroatoms. The predicted molar refractivity (Wildman–Crippen MR) is 141 cm³/mol. The summed E-state index contributed by atoms with van der Waals surface area (Å²) in [5.41, 5.74) is -2.74. The van der Waals surface area contributed by atoms with Crippen LogP contribution in [0.3, 0.4) is 0 Å². The highest BCUT2D eigenvalue weighted by Crippen LogP contribution is 2.16. The number of carboxylic acid groups (broad SMARTS) is 3. The number of carbonyl (C=O) groups excluding carboxylic acids is 2. The molecule has 226 valence electrons. The Morgan fingerprint density at radius 3 is 1.59 bits per heavy atom. The molecule has 0 aromatic carbocycles. The number of rotatable bonds is 22. The summed E-state index contributed by atoms with van der Waals surface area (Å²) in [6.45, 7) is 1.51. The van der Waals surface area contributed by atoms with E-state index >= 15 is 0 Å². The maximum Gasteiger partial charge on any atom is 0.345 e. The van der Waals surface area contributed by atoms with Gasteiger partial charge in [-0.25, -0.2) is 9.59 Å². The van der Waals surface area contributed by atoms with Crippen LogP contribution in [-0.2, 0) is 28.7 Å². The number of aliphatic hydroxyl groups excluding tert-OH is 2. The van der Waals surface area contributed by atoms with Crippen LogP contribution in [0.4, 0.5) is 0 Å². The zero-order valence-corrected chi connectivity index (χ0v) is 22.9. The Morgan fingerprint density at radius 1 is 0.744 bits per heavy atom. The molecule has 0 aromatic heterocycles. The van der Waals surface area contributed by atoms with Crippen molar-refractivity contribution in [1.82, 2.24) is 0 Å². The van der Waals surface area contributed by atoms with Gasteiger partial charge in [0.15, 0.2) is 11.7 Å². The average molecular weight is 563 g/mol. The van der Waals surface area contributed by atoms with E-state index in [9.17, 15) is 24.0 Å². The third-order valence-electron chi connectivity index (χ3n) is 5.59. The number of aliphatic hydroxyl groups is 3. The van der Waals surface area contributed by atoms with Crippen LogP contribution in [0.25, 0.3) is 0 Å². The van der Waals surface area contributed by atoms with Crippen molar-refractivity contribution in [3.05, 3.63) is 12.2 Å². The van der Waals surface area contributed by atoms with E-state index in [1.165, 1.54) is 51.4 Å². The molecule has 1 unspecified atom stereocenters. The van der Waals surface area contributed by atoms with Gasteiger partial charge in [-0.05, 0) is 32.1 Å². The molecule has 0 aliphatic heterocycles. The number of hydrogen-bond donors (Lipinski definition) is 6. The average Bonchev–Trinajstić information content (AvgIpc) is 2.85. The molecule has 0 aliphatic rings. The first-order chi connectivity index (χ1) is 18.4. The van der Waals surface area contributed by atoms with E-state index in [0.29, 0.717) is 6.42 Å². The first-order valence-electron chi connectivity index (χ1n) is 13.5. The summed E-state index contributed by atoms with van der Waals surface area (Å²) >= 11 is 0. The lowest BCUT2D eigenvalue weighted by molar-refractivity contribution is -0.170. The Kier molecular flexibility index (Phi) is 23.8. The van der Waals surface area contributed by atoms with Gasteiger partial charge in [0.2, 0.25) is 0 Å². The Morgan fingerprint density at radius 2 is 1.18 bits per heavy atom. The summed E-state index contributed by atoms with van der Waals surface area (Å²) in [6, 6.07) is 0. The third-order valence-corrected chi connectivity index (χ3v) is 5.59. The molecule has 0 spiro atoms. The molecule has 0 heterocycles. The second-order valence-corrected chi connectivity index (χ2v) is 9.30. The van der Waals surface area contributed by atoms with E-state index in [4.69, 9.17) is 30.6 Å². The van der Waals surface area contributed by atoms with Crippen LogP contribution in [0, 0.1) is 0 Å². The molecule has 39 heavy (non-hydrogen) atoms. The lowest BCUT2D eigenvalue weighted by atomic mass is 9.96. The van der Waals surface area contributed by atoms with Crippen LogP contribution in [0.2, 0.25) is 0 Å². The van der Waals surface area contributed by atoms with Gasteiger partial charge >= 0.3 is 29.8 Å². The fraction of sp³-hybridized carbons (Fsp3) is 0.741. The highest BCUT2D eigenvalue weighted by atomic mass is 16.6. The summed E-state index contributed by atoms with van der Waals surface area (Å²) in [4.78, 5) is 52.9. The van der Waals surface area contributed by atoms with Crippen LogP contribution in [0.15, 0.2) is 12.2 Å². The Bertz CT molecular complexity index is 731. The van der Waals surface area contributed by atoms with Gasteiger partial charge in [0.05, 0.1) is 19.4 Å². The fourth-order valence-electron chi connectivity index (χ4n) is 3.36. The second kappa shape index (κ2) is 24.2. The van der Waals surface area contributed by atoms with Gasteiger partial charge in [-0.1, -0.05) is 70.4 Å². The SMILES string of the molecule is CCCCCCCC/C=C\CCCCCCCC(=O)OC(=O)C(O)CO.O=C(O)CC(O)(CC(=O)O)C(=O)O. The van der Waals surface area contributed by atoms with Crippen molar-refractivity contribution >= 4 is 29.8 Å². The molecule has 0 rings (SSSR count). The van der Waals surface area contributed by atoms with Gasteiger partial charge < -0.3 is 35.4 Å². The van der Waals surface area contributed by atoms with Crippen molar-refractivity contribution in [1.29, 1.82) is 0 Å². The van der Waals surface area contributed by atoms with Gasteiger partial charge in [-0.2, -0.15) is 0 Å². The first kappa shape index (κ1) is 38.3. The third kappa shape index (κ3) is 24.0. The van der Waals surface area contributed by atoms with Crippen LogP contribution in [-0.4, -0.2) is 78.8 Å². The van der Waals surface area contributed by atoms with E-state index in [0.717, 1.165) is 25.7 Å². The molecule has 12 nitrogen and oxygen atoms in total. The van der Waals surface area contributed by atoms with Crippen molar-refractivity contribution in [3.8, 4) is 0 Å². The summed E-state index contributed by atoms with van der Waals surface area (Å²) in [6.07, 6.45) is 16.2. The van der Waals surface area contributed by atoms with Crippen LogP contribution in [0.5, 0.6) is 0 Å². The molecule has 6 N–H and O–H groups in total. The number of esters is 2. The van der Waals surface area contributed by atoms with Gasteiger partial charge in [0, 0.05) is 6.42 Å². The Balaban J connectivity index is 0. The number of hydrogen-bond acceptors (Lipinski definition) is 9. The lowest BCUT2D eigenvalue weighted by Crippen LogP contribution is -2.42. The quantitative estimate of drug-likeness (QED) is 0.0485. The van der Waals surface area contributed by atoms with E-state index in [1.54, 1.807) is 0 Å². The molecular weight excluding hydrogens is 516 g/mol. The van der Waals surface area contributed by atoms with E-state index in [2.05, 4.69) is 23.8 Å². The normalized spacial score (nSPS) is 11.9. The maximum absolute atomic E-state index is 11.4. The number of carboxylic acids is 3. The molecule has 1 atom stereocenters. The van der Waals surface area contributed by atoms with E-state index in [1.807, 2.05) is 0 Å². The number of ether oxygens (including phenoxy) is 1. The largest absolute Gasteiger partial charge is 0.481 e. The summed E-state index contributed by atoms with van der Waals surface area (Å²) in [5.74, 6) is -6.74. The Hall–Kier alpha value is -2.83. The number of allylic oxidation sites excluding steroid dienone is 2. The standard InChI is InChI=1S/C21H38O5.C6H8O7/c1-2-3-4-5-6-7-8-9-10-11-12-13-14-15-16-17-20(24)26-21(25)19(23)18-22;7-3(8)1-6(13,5(11)12)2-4(9)10/h9-10,19,22-23H,2-8,11-18H2,1H3;13H,1-2H2,(H,7,8)(H,9,10)(H,11,12)/b10-9-;. The van der Waals surface area contributed by atoms with Crippen molar-refractivity contribution in [3.63, 3.8) is 0 Å². The molecule has 0 aromatic rings. The number of unbranched alkanes of at least 4 members (excludes halogenated alkanes) is 11. The van der Waals surface area contributed by atoms with Crippen LogP contribution in [0.1, 0.15) is 110 Å². The minimum Gasteiger partial charge on any atom is -0.481 e. The minimum absolute atomic E-state index is 0.169. The van der Waals surface area contributed by atoms with Crippen LogP contribution < -0.4 is 0 Å². The monoisotopic (exact) mass is 562 g/mol. The zero-order chi connectivity index (χ0) is 30.1. The van der Waals surface area contributed by atoms with Crippen molar-refractivity contribution in [2.45, 2.75) is 121 Å². The zero-order valence-electron chi connectivity index (χ0n) is 22.9. The predicted octanol–water partition coefficient (Wildman–Crippen LogP) is 3.20. The van der Waals surface area contributed by atoms with E-state index < -0.39 is 61.0 Å². The lowest BCUT2D eigenvalue weighted by Gasteiger charge is -2.18. The smallest absolute Gasteiger partial charge is 0.345 e. The van der Waals surface area contributed by atoms with Crippen molar-refractivity contribution < 1.29 is 59.3 Å². The maximum atomic E-state index is 11.4. The van der Waals surface area contributed by atoms with Gasteiger partial charge in [0.1, 0.15) is 0 Å². The molecule has 0 amide bonds. The highest BCUT2D eigenvalue weighted by molar-refractivity contribution is 5.88. The topological polar surface area (TPSA) is 216 Å². The minimum atomic E-state index is -2.74. The molecule has 0 bridgehead atoms. The Labute approximate surface area is 229 Å². The van der Waals surface area contributed by atoms with Crippen LogP contribution >= 0.6 is 0 Å². The molecule has 0 fully saturated rings. The van der Waals surface area contributed by atoms with Gasteiger partial charge in [0.25, 0.3) is 0 Å². The van der Waals surface area contributed by atoms with E-state index in [-0.39, 0.29) is 6.42 Å². The number of carbonyl (C=O) groups is 5. The molecule has 0 saturated carbocycles. The van der Waals surface area contributed by atoms with Crippen molar-refractivity contribution in [2.75, 3.05) is 6.61 Å². The molecular formula is C27H46O12. The molecule has 0 saturated heterocycles. The second-order valence-electron chi connectivity index (χ2n) is 9.30. The summed E-state index contributed by atoms with van der Waals surface area (Å²) in [7, 11) is 0. The summed E-state index contributed by atoms with van der Waals surface area (Å²) < 4.78 is 4.43. The van der Waals surface area contributed by atoms with Gasteiger partial charge in [-0.3, -0.25) is 14.4 Å². The molecule has 0 radical (unpaired) electrons. The fourth-order valence-corrected chi connectivity index (χ4v) is 3.36. The first-order valence-corrected chi connectivity index (χ1v) is 13.5.